The van der Waals surface area contributed by atoms with Crippen LogP contribution in [0.2, 0.25) is 15.1 Å². The lowest BCUT2D eigenvalue weighted by Gasteiger charge is -2.14. The Hall–Kier alpha value is -0.530. The Labute approximate surface area is 138 Å². The van der Waals surface area contributed by atoms with Gasteiger partial charge in [0.15, 0.2) is 0 Å². The van der Waals surface area contributed by atoms with Crippen molar-refractivity contribution >= 4 is 50.8 Å². The molecule has 0 aromatic heterocycles. The molecule has 1 rings (SSSR count). The smallest absolute Gasteiger partial charge is 0.307 e. The van der Waals surface area contributed by atoms with Crippen LogP contribution in [-0.2, 0) is 14.8 Å². The number of rotatable bonds is 7. The summed E-state index contributed by atoms with van der Waals surface area (Å²) in [5.74, 6) is -1.87. The van der Waals surface area contributed by atoms with Gasteiger partial charge in [-0.25, -0.2) is 13.1 Å². The van der Waals surface area contributed by atoms with E-state index in [1.54, 1.807) is 0 Å². The van der Waals surface area contributed by atoms with E-state index in [0.717, 1.165) is 0 Å². The molecule has 1 aromatic carbocycles. The minimum atomic E-state index is -4.02. The highest BCUT2D eigenvalue weighted by Crippen LogP contribution is 2.32. The summed E-state index contributed by atoms with van der Waals surface area (Å²) < 4.78 is 26.6. The van der Waals surface area contributed by atoms with Gasteiger partial charge in [0.1, 0.15) is 4.90 Å². The molecule has 1 aromatic rings. The van der Waals surface area contributed by atoms with E-state index in [4.69, 9.17) is 39.9 Å². The molecule has 0 radical (unpaired) electrons. The molecule has 5 nitrogen and oxygen atoms in total. The number of carboxylic acid groups (broad SMARTS) is 1. The van der Waals surface area contributed by atoms with Crippen LogP contribution in [0.25, 0.3) is 0 Å². The Morgan fingerprint density at radius 1 is 1.29 bits per heavy atom. The zero-order valence-corrected chi connectivity index (χ0v) is 14.2. The standard InChI is InChI=1S/C12H14Cl3NO4S/c1-2-3-7(12(17)18)6-16-21(19,20)11-9(14)4-8(13)5-10(11)15/h4-5,7,16H,2-3,6H2,1H3,(H,17,18). The van der Waals surface area contributed by atoms with Gasteiger partial charge in [-0.2, -0.15) is 0 Å². The summed E-state index contributed by atoms with van der Waals surface area (Å²) in [6.45, 7) is 1.58. The van der Waals surface area contributed by atoms with Crippen molar-refractivity contribution in [1.29, 1.82) is 0 Å². The maximum atomic E-state index is 12.2. The lowest BCUT2D eigenvalue weighted by atomic mass is 10.1. The lowest BCUT2D eigenvalue weighted by molar-refractivity contribution is -0.141. The van der Waals surface area contributed by atoms with Crippen molar-refractivity contribution in [2.75, 3.05) is 6.54 Å². The Kier molecular flexibility index (Phi) is 6.74. The fourth-order valence-corrected chi connectivity index (χ4v) is 4.35. The molecule has 0 spiro atoms. The minimum Gasteiger partial charge on any atom is -0.481 e. The van der Waals surface area contributed by atoms with E-state index in [0.29, 0.717) is 12.8 Å². The monoisotopic (exact) mass is 373 g/mol. The van der Waals surface area contributed by atoms with Crippen molar-refractivity contribution in [3.8, 4) is 0 Å². The third-order valence-corrected chi connectivity index (χ3v) is 5.30. The molecular formula is C12H14Cl3NO4S. The second-order valence-electron chi connectivity index (χ2n) is 4.37. The Bertz CT molecular complexity index is 610. The van der Waals surface area contributed by atoms with Crippen molar-refractivity contribution < 1.29 is 18.3 Å². The van der Waals surface area contributed by atoms with Crippen molar-refractivity contribution in [1.82, 2.24) is 4.72 Å². The number of hydrogen-bond donors (Lipinski definition) is 2. The van der Waals surface area contributed by atoms with E-state index in [-0.39, 0.29) is 26.5 Å². The number of halogens is 3. The largest absolute Gasteiger partial charge is 0.481 e. The van der Waals surface area contributed by atoms with E-state index in [2.05, 4.69) is 4.72 Å². The van der Waals surface area contributed by atoms with Crippen molar-refractivity contribution in [2.24, 2.45) is 5.92 Å². The Morgan fingerprint density at radius 2 is 1.81 bits per heavy atom. The lowest BCUT2D eigenvalue weighted by Crippen LogP contribution is -2.33. The van der Waals surface area contributed by atoms with Gasteiger partial charge in [0.2, 0.25) is 10.0 Å². The normalized spacial score (nSPS) is 13.1. The van der Waals surface area contributed by atoms with Crippen LogP contribution in [0.1, 0.15) is 19.8 Å². The molecule has 0 fully saturated rings. The van der Waals surface area contributed by atoms with Crippen LogP contribution in [0.4, 0.5) is 0 Å². The molecule has 0 heterocycles. The highest BCUT2D eigenvalue weighted by Gasteiger charge is 2.25. The summed E-state index contributed by atoms with van der Waals surface area (Å²) >= 11 is 17.4. The van der Waals surface area contributed by atoms with Gasteiger partial charge in [0.25, 0.3) is 0 Å². The topological polar surface area (TPSA) is 83.5 Å². The van der Waals surface area contributed by atoms with Crippen molar-refractivity contribution in [3.05, 3.63) is 27.2 Å². The van der Waals surface area contributed by atoms with Gasteiger partial charge < -0.3 is 5.11 Å². The van der Waals surface area contributed by atoms with E-state index < -0.39 is 21.9 Å². The maximum absolute atomic E-state index is 12.2. The van der Waals surface area contributed by atoms with Crippen LogP contribution in [0.3, 0.4) is 0 Å². The Balaban J connectivity index is 3.00. The third-order valence-electron chi connectivity index (χ3n) is 2.74. The van der Waals surface area contributed by atoms with Gasteiger partial charge in [-0.3, -0.25) is 4.79 Å². The van der Waals surface area contributed by atoms with Crippen LogP contribution in [-0.4, -0.2) is 26.0 Å². The fraction of sp³-hybridized carbons (Fsp3) is 0.417. The first-order chi connectivity index (χ1) is 9.69. The van der Waals surface area contributed by atoms with Crippen LogP contribution in [0.15, 0.2) is 17.0 Å². The molecule has 0 saturated carbocycles. The van der Waals surface area contributed by atoms with Crippen LogP contribution < -0.4 is 4.72 Å². The molecule has 1 unspecified atom stereocenters. The van der Waals surface area contributed by atoms with Crippen molar-refractivity contribution in [3.63, 3.8) is 0 Å². The van der Waals surface area contributed by atoms with E-state index >= 15 is 0 Å². The van der Waals surface area contributed by atoms with E-state index in [9.17, 15) is 13.2 Å². The number of carbonyl (C=O) groups is 1. The molecule has 1 atom stereocenters. The predicted molar refractivity (Wildman–Crippen MR) is 82.7 cm³/mol. The number of carboxylic acids is 1. The van der Waals surface area contributed by atoms with Gasteiger partial charge >= 0.3 is 5.97 Å². The second-order valence-corrected chi connectivity index (χ2v) is 7.33. The van der Waals surface area contributed by atoms with Gasteiger partial charge in [-0.05, 0) is 18.6 Å². The summed E-state index contributed by atoms with van der Waals surface area (Å²) in [7, 11) is -4.02. The number of sulfonamides is 1. The molecule has 9 heteroatoms. The molecule has 0 aliphatic carbocycles. The maximum Gasteiger partial charge on any atom is 0.307 e. The Morgan fingerprint density at radius 3 is 2.24 bits per heavy atom. The molecule has 0 aliphatic rings. The number of nitrogens with one attached hydrogen (secondary N) is 1. The zero-order valence-electron chi connectivity index (χ0n) is 11.1. The van der Waals surface area contributed by atoms with Gasteiger partial charge in [-0.1, -0.05) is 48.1 Å². The quantitative estimate of drug-likeness (QED) is 0.766. The first-order valence-electron chi connectivity index (χ1n) is 6.06. The van der Waals surface area contributed by atoms with Gasteiger partial charge in [-0.15, -0.1) is 0 Å². The number of aliphatic carboxylic acids is 1. The zero-order chi connectivity index (χ0) is 16.2. The van der Waals surface area contributed by atoms with Crippen molar-refractivity contribution in [2.45, 2.75) is 24.7 Å². The summed E-state index contributed by atoms with van der Waals surface area (Å²) in [6.07, 6.45) is 0.987. The van der Waals surface area contributed by atoms with Gasteiger partial charge in [0, 0.05) is 11.6 Å². The van der Waals surface area contributed by atoms with E-state index in [1.165, 1.54) is 12.1 Å². The average molecular weight is 375 g/mol. The fourth-order valence-electron chi connectivity index (χ4n) is 1.73. The molecule has 0 aliphatic heterocycles. The highest BCUT2D eigenvalue weighted by atomic mass is 35.5. The van der Waals surface area contributed by atoms with Crippen LogP contribution >= 0.6 is 34.8 Å². The summed E-state index contributed by atoms with van der Waals surface area (Å²) in [5.41, 5.74) is 0. The third kappa shape index (κ3) is 5.00. The van der Waals surface area contributed by atoms with Crippen LogP contribution in [0.5, 0.6) is 0 Å². The first kappa shape index (κ1) is 18.5. The molecule has 0 bridgehead atoms. The minimum absolute atomic E-state index is 0.123. The number of hydrogen-bond acceptors (Lipinski definition) is 3. The second kappa shape index (κ2) is 7.65. The molecular weight excluding hydrogens is 361 g/mol. The number of benzene rings is 1. The summed E-state index contributed by atoms with van der Waals surface area (Å²) in [4.78, 5) is 10.7. The summed E-state index contributed by atoms with van der Waals surface area (Å²) in [6, 6.07) is 2.51. The van der Waals surface area contributed by atoms with E-state index in [1.807, 2.05) is 6.92 Å². The highest BCUT2D eigenvalue weighted by molar-refractivity contribution is 7.89. The van der Waals surface area contributed by atoms with Gasteiger partial charge in [0.05, 0.1) is 16.0 Å². The molecule has 0 amide bonds. The molecule has 118 valence electrons. The SMILES string of the molecule is CCCC(CNS(=O)(=O)c1c(Cl)cc(Cl)cc1Cl)C(=O)O. The molecule has 21 heavy (non-hydrogen) atoms. The first-order valence-corrected chi connectivity index (χ1v) is 8.67. The summed E-state index contributed by atoms with van der Waals surface area (Å²) in [5, 5.41) is 8.97. The molecule has 2 N–H and O–H groups in total. The average Bonchev–Trinajstić information content (AvgIpc) is 2.32. The molecule has 0 saturated heterocycles. The predicted octanol–water partition coefficient (Wildman–Crippen LogP) is 3.43. The van der Waals surface area contributed by atoms with Crippen LogP contribution in [0, 0.1) is 5.92 Å².